The molecule has 4 nitrogen and oxygen atoms in total. The summed E-state index contributed by atoms with van der Waals surface area (Å²) in [7, 11) is 0. The van der Waals surface area contributed by atoms with Gasteiger partial charge >= 0.3 is 0 Å². The quantitative estimate of drug-likeness (QED) is 0.657. The molecule has 132 valence electrons. The van der Waals surface area contributed by atoms with Crippen molar-refractivity contribution < 1.29 is 4.79 Å². The summed E-state index contributed by atoms with van der Waals surface area (Å²) < 4.78 is 0. The van der Waals surface area contributed by atoms with Crippen LogP contribution in [0.4, 0.5) is 5.69 Å². The number of pyridine rings is 1. The summed E-state index contributed by atoms with van der Waals surface area (Å²) in [6, 6.07) is 19.6. The van der Waals surface area contributed by atoms with Gasteiger partial charge in [0.25, 0.3) is 5.91 Å². The summed E-state index contributed by atoms with van der Waals surface area (Å²) in [6.45, 7) is 2.79. The van der Waals surface area contributed by atoms with Crippen LogP contribution in [0, 0.1) is 0 Å². The van der Waals surface area contributed by atoms with Crippen LogP contribution in [0.1, 0.15) is 34.5 Å². The standard InChI is InChI=1S/C21H20ClN3O/c1-15(17-6-3-2-4-7-17)24-13-16-9-10-19(22)20(12-16)25-21(26)18-8-5-11-23-14-18/h2-12,14-15,24H,13H2,1H3,(H,25,26)/t15-/m1/s1. The molecule has 0 bridgehead atoms. The number of benzene rings is 2. The van der Waals surface area contributed by atoms with Crippen LogP contribution < -0.4 is 10.6 Å². The lowest BCUT2D eigenvalue weighted by Crippen LogP contribution is -2.18. The number of anilines is 1. The summed E-state index contributed by atoms with van der Waals surface area (Å²) in [5.41, 5.74) is 3.35. The van der Waals surface area contributed by atoms with Crippen molar-refractivity contribution in [2.24, 2.45) is 0 Å². The van der Waals surface area contributed by atoms with E-state index >= 15 is 0 Å². The van der Waals surface area contributed by atoms with Crippen LogP contribution in [-0.2, 0) is 6.54 Å². The average molecular weight is 366 g/mol. The minimum absolute atomic E-state index is 0.223. The first-order chi connectivity index (χ1) is 12.6. The van der Waals surface area contributed by atoms with Crippen molar-refractivity contribution in [1.82, 2.24) is 10.3 Å². The zero-order valence-corrected chi connectivity index (χ0v) is 15.2. The number of hydrogen-bond acceptors (Lipinski definition) is 3. The normalized spacial score (nSPS) is 11.8. The largest absolute Gasteiger partial charge is 0.321 e. The van der Waals surface area contributed by atoms with Gasteiger partial charge < -0.3 is 10.6 Å². The maximum Gasteiger partial charge on any atom is 0.257 e. The minimum atomic E-state index is -0.234. The smallest absolute Gasteiger partial charge is 0.257 e. The Bertz CT molecular complexity index is 869. The Labute approximate surface area is 158 Å². The second-order valence-electron chi connectivity index (χ2n) is 6.02. The number of carbonyl (C=O) groups excluding carboxylic acids is 1. The molecule has 3 rings (SSSR count). The number of carbonyl (C=O) groups is 1. The zero-order chi connectivity index (χ0) is 18.4. The van der Waals surface area contributed by atoms with E-state index < -0.39 is 0 Å². The Balaban J connectivity index is 1.67. The fourth-order valence-electron chi connectivity index (χ4n) is 2.60. The van der Waals surface area contributed by atoms with Crippen molar-refractivity contribution in [2.75, 3.05) is 5.32 Å². The fourth-order valence-corrected chi connectivity index (χ4v) is 2.77. The lowest BCUT2D eigenvalue weighted by atomic mass is 10.1. The molecule has 0 aliphatic rings. The number of halogens is 1. The molecule has 2 N–H and O–H groups in total. The van der Waals surface area contributed by atoms with E-state index in [1.807, 2.05) is 30.3 Å². The molecule has 2 aromatic carbocycles. The molecule has 0 spiro atoms. The predicted molar refractivity (Wildman–Crippen MR) is 105 cm³/mol. The summed E-state index contributed by atoms with van der Waals surface area (Å²) in [4.78, 5) is 16.3. The van der Waals surface area contributed by atoms with Gasteiger partial charge in [0.05, 0.1) is 16.3 Å². The molecule has 0 saturated carbocycles. The minimum Gasteiger partial charge on any atom is -0.321 e. The molecule has 1 amide bonds. The molecule has 5 heteroatoms. The van der Waals surface area contributed by atoms with Crippen LogP contribution in [0.5, 0.6) is 0 Å². The maximum absolute atomic E-state index is 12.3. The topological polar surface area (TPSA) is 54.0 Å². The van der Waals surface area contributed by atoms with Gasteiger partial charge in [0.1, 0.15) is 0 Å². The van der Waals surface area contributed by atoms with E-state index in [-0.39, 0.29) is 11.9 Å². The van der Waals surface area contributed by atoms with Crippen LogP contribution in [0.2, 0.25) is 5.02 Å². The third-order valence-electron chi connectivity index (χ3n) is 4.11. The van der Waals surface area contributed by atoms with E-state index in [4.69, 9.17) is 11.6 Å². The average Bonchev–Trinajstić information content (AvgIpc) is 2.69. The molecule has 0 aliphatic heterocycles. The fraction of sp³-hybridized carbons (Fsp3) is 0.143. The molecule has 0 aliphatic carbocycles. The molecule has 0 saturated heterocycles. The second-order valence-corrected chi connectivity index (χ2v) is 6.43. The van der Waals surface area contributed by atoms with E-state index in [1.54, 1.807) is 24.4 Å². The van der Waals surface area contributed by atoms with Crippen molar-refractivity contribution in [3.63, 3.8) is 0 Å². The summed E-state index contributed by atoms with van der Waals surface area (Å²) in [6.07, 6.45) is 3.15. The van der Waals surface area contributed by atoms with E-state index in [9.17, 15) is 4.79 Å². The number of hydrogen-bond donors (Lipinski definition) is 2. The number of amides is 1. The highest BCUT2D eigenvalue weighted by atomic mass is 35.5. The van der Waals surface area contributed by atoms with Gasteiger partial charge in [0.2, 0.25) is 0 Å². The summed E-state index contributed by atoms with van der Waals surface area (Å²) >= 11 is 6.24. The SMILES string of the molecule is C[C@@H](NCc1ccc(Cl)c(NC(=O)c2cccnc2)c1)c1ccccc1. The highest BCUT2D eigenvalue weighted by Crippen LogP contribution is 2.24. The monoisotopic (exact) mass is 365 g/mol. The second kappa shape index (κ2) is 8.61. The molecule has 0 fully saturated rings. The van der Waals surface area contributed by atoms with Gasteiger partial charge in [0.15, 0.2) is 0 Å². The molecule has 0 unspecified atom stereocenters. The zero-order valence-electron chi connectivity index (χ0n) is 14.4. The van der Waals surface area contributed by atoms with Gasteiger partial charge in [-0.25, -0.2) is 0 Å². The molecule has 1 aromatic heterocycles. The molecule has 3 aromatic rings. The van der Waals surface area contributed by atoms with Crippen LogP contribution in [-0.4, -0.2) is 10.9 Å². The van der Waals surface area contributed by atoms with E-state index in [1.165, 1.54) is 11.8 Å². The highest BCUT2D eigenvalue weighted by molar-refractivity contribution is 6.33. The van der Waals surface area contributed by atoms with E-state index in [0.717, 1.165) is 5.56 Å². The first-order valence-corrected chi connectivity index (χ1v) is 8.79. The van der Waals surface area contributed by atoms with E-state index in [2.05, 4.69) is 34.7 Å². The number of aromatic nitrogens is 1. The first kappa shape index (κ1) is 18.1. The van der Waals surface area contributed by atoms with Gasteiger partial charge in [-0.05, 0) is 42.3 Å². The first-order valence-electron chi connectivity index (χ1n) is 8.41. The lowest BCUT2D eigenvalue weighted by Gasteiger charge is -2.15. The third-order valence-corrected chi connectivity index (χ3v) is 4.44. The Morgan fingerprint density at radius 1 is 1.12 bits per heavy atom. The Kier molecular flexibility index (Phi) is 6.00. The van der Waals surface area contributed by atoms with Gasteiger partial charge in [-0.15, -0.1) is 0 Å². The van der Waals surface area contributed by atoms with Gasteiger partial charge in [-0.2, -0.15) is 0 Å². The maximum atomic E-state index is 12.3. The van der Waals surface area contributed by atoms with Crippen LogP contribution in [0.15, 0.2) is 73.1 Å². The van der Waals surface area contributed by atoms with Crippen molar-refractivity contribution in [3.05, 3.63) is 94.8 Å². The molecule has 0 radical (unpaired) electrons. The molecule has 1 atom stereocenters. The lowest BCUT2D eigenvalue weighted by molar-refractivity contribution is 0.102. The number of nitrogens with one attached hydrogen (secondary N) is 2. The van der Waals surface area contributed by atoms with Gasteiger partial charge in [-0.1, -0.05) is 48.0 Å². The molecular weight excluding hydrogens is 346 g/mol. The van der Waals surface area contributed by atoms with Crippen LogP contribution in [0.3, 0.4) is 0 Å². The van der Waals surface area contributed by atoms with Crippen LogP contribution >= 0.6 is 11.6 Å². The molecule has 1 heterocycles. The van der Waals surface area contributed by atoms with Crippen molar-refractivity contribution in [2.45, 2.75) is 19.5 Å². The summed E-state index contributed by atoms with van der Waals surface area (Å²) in [5, 5.41) is 6.83. The molecule has 26 heavy (non-hydrogen) atoms. The van der Waals surface area contributed by atoms with Crippen molar-refractivity contribution in [1.29, 1.82) is 0 Å². The van der Waals surface area contributed by atoms with Crippen molar-refractivity contribution in [3.8, 4) is 0 Å². The predicted octanol–water partition coefficient (Wildman–Crippen LogP) is 4.84. The number of rotatable bonds is 6. The Morgan fingerprint density at radius 2 is 1.92 bits per heavy atom. The van der Waals surface area contributed by atoms with Crippen molar-refractivity contribution >= 4 is 23.2 Å². The van der Waals surface area contributed by atoms with E-state index in [0.29, 0.717) is 22.8 Å². The third kappa shape index (κ3) is 4.69. The highest BCUT2D eigenvalue weighted by Gasteiger charge is 2.10. The Morgan fingerprint density at radius 3 is 2.65 bits per heavy atom. The number of nitrogens with zero attached hydrogens (tertiary/aromatic N) is 1. The van der Waals surface area contributed by atoms with Crippen LogP contribution in [0.25, 0.3) is 0 Å². The summed E-state index contributed by atoms with van der Waals surface area (Å²) in [5.74, 6) is -0.234. The Hall–Kier alpha value is -2.69. The molecular formula is C21H20ClN3O. The van der Waals surface area contributed by atoms with Gasteiger partial charge in [0, 0.05) is 25.0 Å². The van der Waals surface area contributed by atoms with Gasteiger partial charge in [-0.3, -0.25) is 9.78 Å².